The Hall–Kier alpha value is -1.36. The number of aromatic amines is 1. The summed E-state index contributed by atoms with van der Waals surface area (Å²) >= 11 is 3.44. The van der Waals surface area contributed by atoms with Gasteiger partial charge in [-0.05, 0) is 18.2 Å². The van der Waals surface area contributed by atoms with Crippen LogP contribution in [0.3, 0.4) is 0 Å². The minimum Gasteiger partial charge on any atom is -0.497 e. The number of rotatable bonds is 2. The van der Waals surface area contributed by atoms with Crippen LogP contribution in [0.2, 0.25) is 0 Å². The predicted molar refractivity (Wildman–Crippen MR) is 56.1 cm³/mol. The Morgan fingerprint density at radius 1 is 1.43 bits per heavy atom. The quantitative estimate of drug-likeness (QED) is 0.894. The smallest absolute Gasteiger partial charge is 0.119 e. The lowest BCUT2D eigenvalue weighted by molar-refractivity contribution is 0.415. The molecule has 5 heteroatoms. The lowest BCUT2D eigenvalue weighted by Crippen LogP contribution is -1.85. The SMILES string of the molecule is COc1ccc(Br)c(-c2cn[nH]n2)c1. The van der Waals surface area contributed by atoms with Crippen LogP contribution in [0.15, 0.2) is 28.9 Å². The molecular formula is C9H8BrN3O. The topological polar surface area (TPSA) is 50.8 Å². The van der Waals surface area contributed by atoms with Gasteiger partial charge in [0.15, 0.2) is 0 Å². The highest BCUT2D eigenvalue weighted by Gasteiger charge is 2.06. The molecule has 0 fully saturated rings. The average molecular weight is 254 g/mol. The minimum absolute atomic E-state index is 0.788. The van der Waals surface area contributed by atoms with E-state index in [1.165, 1.54) is 0 Å². The molecule has 4 nitrogen and oxygen atoms in total. The van der Waals surface area contributed by atoms with Crippen molar-refractivity contribution in [3.8, 4) is 17.0 Å². The van der Waals surface area contributed by atoms with E-state index in [0.717, 1.165) is 21.5 Å². The molecule has 0 bridgehead atoms. The van der Waals surface area contributed by atoms with Gasteiger partial charge in [-0.1, -0.05) is 15.9 Å². The summed E-state index contributed by atoms with van der Waals surface area (Å²) in [6, 6.07) is 5.71. The summed E-state index contributed by atoms with van der Waals surface area (Å²) in [4.78, 5) is 0. The second-order valence-corrected chi connectivity index (χ2v) is 3.56. The first kappa shape index (κ1) is 9.21. The Bertz CT molecular complexity index is 428. The second-order valence-electron chi connectivity index (χ2n) is 2.70. The van der Waals surface area contributed by atoms with Crippen LogP contribution in [0, 0.1) is 0 Å². The molecule has 1 heterocycles. The Labute approximate surface area is 89.4 Å². The number of hydrogen-bond acceptors (Lipinski definition) is 3. The first-order chi connectivity index (χ1) is 6.81. The summed E-state index contributed by atoms with van der Waals surface area (Å²) in [5.41, 5.74) is 1.74. The van der Waals surface area contributed by atoms with Crippen LogP contribution in [0.25, 0.3) is 11.3 Å². The first-order valence-electron chi connectivity index (χ1n) is 4.01. The van der Waals surface area contributed by atoms with Crippen molar-refractivity contribution in [3.05, 3.63) is 28.9 Å². The fourth-order valence-electron chi connectivity index (χ4n) is 1.16. The largest absolute Gasteiger partial charge is 0.497 e. The van der Waals surface area contributed by atoms with E-state index in [1.807, 2.05) is 18.2 Å². The van der Waals surface area contributed by atoms with Crippen molar-refractivity contribution in [2.45, 2.75) is 0 Å². The van der Waals surface area contributed by atoms with Gasteiger partial charge in [0, 0.05) is 10.0 Å². The van der Waals surface area contributed by atoms with Gasteiger partial charge in [0.1, 0.15) is 11.4 Å². The Morgan fingerprint density at radius 2 is 2.29 bits per heavy atom. The van der Waals surface area contributed by atoms with Crippen LogP contribution in [0.5, 0.6) is 5.75 Å². The third-order valence-corrected chi connectivity index (χ3v) is 2.56. The number of nitrogens with zero attached hydrogens (tertiary/aromatic N) is 2. The maximum atomic E-state index is 5.13. The highest BCUT2D eigenvalue weighted by Crippen LogP contribution is 2.29. The molecule has 0 unspecified atom stereocenters. The molecule has 14 heavy (non-hydrogen) atoms. The third-order valence-electron chi connectivity index (χ3n) is 1.86. The normalized spacial score (nSPS) is 10.1. The summed E-state index contributed by atoms with van der Waals surface area (Å²) in [5, 5.41) is 10.3. The van der Waals surface area contributed by atoms with E-state index >= 15 is 0 Å². The number of H-pyrrole nitrogens is 1. The fraction of sp³-hybridized carbons (Fsp3) is 0.111. The van der Waals surface area contributed by atoms with Gasteiger partial charge < -0.3 is 4.74 Å². The van der Waals surface area contributed by atoms with Gasteiger partial charge in [0.05, 0.1) is 13.3 Å². The van der Waals surface area contributed by atoms with Crippen molar-refractivity contribution in [1.29, 1.82) is 0 Å². The third kappa shape index (κ3) is 1.63. The summed E-state index contributed by atoms with van der Waals surface area (Å²) in [6.45, 7) is 0. The van der Waals surface area contributed by atoms with Gasteiger partial charge in [-0.3, -0.25) is 0 Å². The van der Waals surface area contributed by atoms with Crippen molar-refractivity contribution in [1.82, 2.24) is 15.4 Å². The van der Waals surface area contributed by atoms with Crippen molar-refractivity contribution >= 4 is 15.9 Å². The lowest BCUT2D eigenvalue weighted by atomic mass is 10.1. The Balaban J connectivity index is 2.51. The van der Waals surface area contributed by atoms with Crippen LogP contribution in [0.1, 0.15) is 0 Å². The fourth-order valence-corrected chi connectivity index (χ4v) is 1.61. The van der Waals surface area contributed by atoms with E-state index in [9.17, 15) is 0 Å². The number of nitrogens with one attached hydrogen (secondary N) is 1. The minimum atomic E-state index is 0.788. The Kier molecular flexibility index (Phi) is 2.49. The van der Waals surface area contributed by atoms with Crippen LogP contribution in [-0.4, -0.2) is 22.5 Å². The molecule has 0 saturated heterocycles. The van der Waals surface area contributed by atoms with Gasteiger partial charge in [-0.15, -0.1) is 0 Å². The van der Waals surface area contributed by atoms with E-state index < -0.39 is 0 Å². The molecule has 0 spiro atoms. The van der Waals surface area contributed by atoms with E-state index in [2.05, 4.69) is 31.3 Å². The molecule has 0 aliphatic rings. The molecule has 0 aliphatic carbocycles. The van der Waals surface area contributed by atoms with E-state index in [-0.39, 0.29) is 0 Å². The number of methoxy groups -OCH3 is 1. The maximum absolute atomic E-state index is 5.13. The van der Waals surface area contributed by atoms with Crippen molar-refractivity contribution in [2.75, 3.05) is 7.11 Å². The van der Waals surface area contributed by atoms with Crippen LogP contribution in [-0.2, 0) is 0 Å². The highest BCUT2D eigenvalue weighted by atomic mass is 79.9. The molecule has 0 atom stereocenters. The van der Waals surface area contributed by atoms with Crippen LogP contribution >= 0.6 is 15.9 Å². The number of aromatic nitrogens is 3. The molecule has 0 radical (unpaired) electrons. The number of ether oxygens (including phenoxy) is 1. The second kappa shape index (κ2) is 3.79. The van der Waals surface area contributed by atoms with E-state index in [0.29, 0.717) is 0 Å². The molecule has 0 aliphatic heterocycles. The van der Waals surface area contributed by atoms with Crippen molar-refractivity contribution in [2.24, 2.45) is 0 Å². The molecule has 0 amide bonds. The maximum Gasteiger partial charge on any atom is 0.119 e. The predicted octanol–water partition coefficient (Wildman–Crippen LogP) is 2.24. The van der Waals surface area contributed by atoms with Crippen molar-refractivity contribution in [3.63, 3.8) is 0 Å². The molecule has 72 valence electrons. The monoisotopic (exact) mass is 253 g/mol. The molecule has 1 aromatic heterocycles. The molecule has 1 N–H and O–H groups in total. The first-order valence-corrected chi connectivity index (χ1v) is 4.80. The molecule has 2 rings (SSSR count). The zero-order chi connectivity index (χ0) is 9.97. The number of benzene rings is 1. The standard InChI is InChI=1S/C9H8BrN3O/c1-14-6-2-3-8(10)7(4-6)9-5-11-13-12-9/h2-5H,1H3,(H,11,12,13). The molecule has 1 aromatic carbocycles. The van der Waals surface area contributed by atoms with Gasteiger partial charge in [-0.25, -0.2) is 0 Å². The van der Waals surface area contributed by atoms with Gasteiger partial charge in [0.25, 0.3) is 0 Å². The zero-order valence-corrected chi connectivity index (χ0v) is 9.08. The molecule has 2 aromatic rings. The average Bonchev–Trinajstić information content (AvgIpc) is 2.71. The van der Waals surface area contributed by atoms with Crippen molar-refractivity contribution < 1.29 is 4.74 Å². The Morgan fingerprint density at radius 3 is 2.93 bits per heavy atom. The van der Waals surface area contributed by atoms with Gasteiger partial charge in [-0.2, -0.15) is 15.4 Å². The van der Waals surface area contributed by atoms with Gasteiger partial charge >= 0.3 is 0 Å². The van der Waals surface area contributed by atoms with Crippen LogP contribution in [0.4, 0.5) is 0 Å². The summed E-state index contributed by atoms with van der Waals surface area (Å²) < 4.78 is 6.09. The van der Waals surface area contributed by atoms with E-state index in [1.54, 1.807) is 13.3 Å². The molecule has 0 saturated carbocycles. The number of halogens is 1. The van der Waals surface area contributed by atoms with Crippen LogP contribution < -0.4 is 4.74 Å². The summed E-state index contributed by atoms with van der Waals surface area (Å²) in [6.07, 6.45) is 1.67. The summed E-state index contributed by atoms with van der Waals surface area (Å²) in [5.74, 6) is 0.797. The zero-order valence-electron chi connectivity index (χ0n) is 7.49. The van der Waals surface area contributed by atoms with Gasteiger partial charge in [0.2, 0.25) is 0 Å². The lowest BCUT2D eigenvalue weighted by Gasteiger charge is -2.03. The number of hydrogen-bond donors (Lipinski definition) is 1. The summed E-state index contributed by atoms with van der Waals surface area (Å²) in [7, 11) is 1.63. The van der Waals surface area contributed by atoms with E-state index in [4.69, 9.17) is 4.74 Å². The molecular weight excluding hydrogens is 246 g/mol. The highest BCUT2D eigenvalue weighted by molar-refractivity contribution is 9.10.